The number of rotatable bonds is 3. The first-order chi connectivity index (χ1) is 8.92. The van der Waals surface area contributed by atoms with Crippen molar-refractivity contribution in [2.75, 3.05) is 6.54 Å². The predicted octanol–water partition coefficient (Wildman–Crippen LogP) is 3.32. The van der Waals surface area contributed by atoms with Crippen molar-refractivity contribution < 1.29 is 26.4 Å². The van der Waals surface area contributed by atoms with Crippen LogP contribution >= 0.6 is 38.2 Å². The lowest BCUT2D eigenvalue weighted by Crippen LogP contribution is -2.34. The molecule has 0 aliphatic carbocycles. The van der Waals surface area contributed by atoms with Gasteiger partial charge in [-0.3, -0.25) is 4.79 Å². The smallest absolute Gasteiger partial charge is 0.343 e. The molecule has 0 radical (unpaired) electrons. The monoisotopic (exact) mass is 413 g/mol. The molecule has 0 aliphatic heterocycles. The summed E-state index contributed by atoms with van der Waals surface area (Å²) in [7, 11) is 0.870. The second-order valence-corrected chi connectivity index (χ2v) is 7.33. The second kappa shape index (κ2) is 6.08. The molecule has 0 saturated heterocycles. The standard InChI is InChI=1S/C9H5BrCl2F3NO3S/c10-4-1-5(8(17)16-3-9(13,14)15)7(11)6(2-4)20(12,18)19/h1-2H,3H2,(H,16,17). The topological polar surface area (TPSA) is 63.2 Å². The van der Waals surface area contributed by atoms with Gasteiger partial charge in [0.05, 0.1) is 10.6 Å². The van der Waals surface area contributed by atoms with Crippen LogP contribution in [0.5, 0.6) is 0 Å². The number of alkyl halides is 3. The van der Waals surface area contributed by atoms with Crippen molar-refractivity contribution in [1.29, 1.82) is 0 Å². The Morgan fingerprint density at radius 1 is 1.35 bits per heavy atom. The Morgan fingerprint density at radius 2 is 1.90 bits per heavy atom. The van der Waals surface area contributed by atoms with Crippen molar-refractivity contribution in [2.45, 2.75) is 11.1 Å². The van der Waals surface area contributed by atoms with Crippen LogP contribution in [0.15, 0.2) is 21.5 Å². The molecule has 1 aromatic rings. The minimum absolute atomic E-state index is 0.123. The molecule has 20 heavy (non-hydrogen) atoms. The van der Waals surface area contributed by atoms with Crippen LogP contribution in [0.25, 0.3) is 0 Å². The maximum Gasteiger partial charge on any atom is 0.405 e. The van der Waals surface area contributed by atoms with E-state index in [9.17, 15) is 26.4 Å². The Balaban J connectivity index is 3.20. The molecule has 0 heterocycles. The number of hydrogen-bond donors (Lipinski definition) is 1. The van der Waals surface area contributed by atoms with E-state index in [2.05, 4.69) is 15.9 Å². The van der Waals surface area contributed by atoms with Crippen LogP contribution in [0, 0.1) is 0 Å². The van der Waals surface area contributed by atoms with Crippen LogP contribution in [0.1, 0.15) is 10.4 Å². The fraction of sp³-hybridized carbons (Fsp3) is 0.222. The van der Waals surface area contributed by atoms with Gasteiger partial charge in [0.2, 0.25) is 0 Å². The van der Waals surface area contributed by atoms with Gasteiger partial charge < -0.3 is 5.32 Å². The van der Waals surface area contributed by atoms with E-state index in [1.165, 1.54) is 0 Å². The Bertz CT molecular complexity index is 649. The van der Waals surface area contributed by atoms with Gasteiger partial charge in [-0.1, -0.05) is 27.5 Å². The lowest BCUT2D eigenvalue weighted by atomic mass is 10.2. The summed E-state index contributed by atoms with van der Waals surface area (Å²) >= 11 is 8.60. The summed E-state index contributed by atoms with van der Waals surface area (Å²) < 4.78 is 58.6. The van der Waals surface area contributed by atoms with Gasteiger partial charge in [-0.15, -0.1) is 0 Å². The average Bonchev–Trinajstić information content (AvgIpc) is 2.26. The summed E-state index contributed by atoms with van der Waals surface area (Å²) in [5, 5.41) is 1.03. The molecule has 0 aromatic heterocycles. The van der Waals surface area contributed by atoms with Gasteiger partial charge in [-0.2, -0.15) is 13.2 Å². The minimum Gasteiger partial charge on any atom is -0.343 e. The van der Waals surface area contributed by atoms with Gasteiger partial charge in [0.25, 0.3) is 15.0 Å². The SMILES string of the molecule is O=C(NCC(F)(F)F)c1cc(Br)cc(S(=O)(=O)Cl)c1Cl. The van der Waals surface area contributed by atoms with Gasteiger partial charge in [0.1, 0.15) is 11.4 Å². The summed E-state index contributed by atoms with van der Waals surface area (Å²) in [6.45, 7) is -1.57. The lowest BCUT2D eigenvalue weighted by molar-refractivity contribution is -0.123. The van der Waals surface area contributed by atoms with E-state index in [-0.39, 0.29) is 4.47 Å². The van der Waals surface area contributed by atoms with E-state index in [1.54, 1.807) is 5.32 Å². The number of halogens is 6. The summed E-state index contributed by atoms with van der Waals surface area (Å²) in [6, 6.07) is 2.12. The van der Waals surface area contributed by atoms with Crippen molar-refractivity contribution >= 4 is 53.2 Å². The third kappa shape index (κ3) is 4.80. The molecule has 0 aliphatic rings. The van der Waals surface area contributed by atoms with Crippen LogP contribution < -0.4 is 5.32 Å². The quantitative estimate of drug-likeness (QED) is 0.771. The summed E-state index contributed by atoms with van der Waals surface area (Å²) in [5.74, 6) is -1.17. The molecular formula is C9H5BrCl2F3NO3S. The molecule has 4 nitrogen and oxygen atoms in total. The number of carbonyl (C=O) groups is 1. The van der Waals surface area contributed by atoms with Crippen LogP contribution in [-0.2, 0) is 9.05 Å². The highest BCUT2D eigenvalue weighted by Crippen LogP contribution is 2.31. The molecule has 1 aromatic carbocycles. The molecule has 0 fully saturated rings. The van der Waals surface area contributed by atoms with Gasteiger partial charge in [-0.25, -0.2) is 8.42 Å². The number of carbonyl (C=O) groups excluding carboxylic acids is 1. The Hall–Kier alpha value is -0.510. The van der Waals surface area contributed by atoms with Crippen molar-refractivity contribution in [1.82, 2.24) is 5.32 Å². The normalized spacial score (nSPS) is 12.3. The van der Waals surface area contributed by atoms with Crippen LogP contribution in [0.4, 0.5) is 13.2 Å². The average molecular weight is 415 g/mol. The first kappa shape index (κ1) is 17.5. The largest absolute Gasteiger partial charge is 0.405 e. The van der Waals surface area contributed by atoms with E-state index in [1.807, 2.05) is 0 Å². The van der Waals surface area contributed by atoms with Gasteiger partial charge >= 0.3 is 6.18 Å². The highest BCUT2D eigenvalue weighted by Gasteiger charge is 2.29. The molecule has 0 atom stereocenters. The maximum absolute atomic E-state index is 12.0. The third-order valence-electron chi connectivity index (χ3n) is 1.96. The molecule has 1 N–H and O–H groups in total. The summed E-state index contributed by atoms with van der Waals surface area (Å²) in [4.78, 5) is 11.0. The molecule has 0 unspecified atom stereocenters. The number of nitrogens with one attached hydrogen (secondary N) is 1. The van der Waals surface area contributed by atoms with Crippen LogP contribution in [-0.4, -0.2) is 27.0 Å². The van der Waals surface area contributed by atoms with Crippen molar-refractivity contribution in [3.63, 3.8) is 0 Å². The fourth-order valence-corrected chi connectivity index (χ4v) is 3.37. The van der Waals surface area contributed by atoms with E-state index in [4.69, 9.17) is 22.3 Å². The van der Waals surface area contributed by atoms with E-state index >= 15 is 0 Å². The molecule has 1 rings (SSSR count). The molecular weight excluding hydrogens is 410 g/mol. The number of benzene rings is 1. The first-order valence-corrected chi connectivity index (χ1v) is 8.18. The highest BCUT2D eigenvalue weighted by molar-refractivity contribution is 9.10. The predicted molar refractivity (Wildman–Crippen MR) is 70.6 cm³/mol. The summed E-state index contributed by atoms with van der Waals surface area (Å²) in [5.41, 5.74) is -0.440. The molecule has 11 heteroatoms. The Kier molecular flexibility index (Phi) is 5.34. The zero-order chi connectivity index (χ0) is 15.7. The second-order valence-electron chi connectivity index (χ2n) is 3.50. The van der Waals surface area contributed by atoms with E-state index in [0.717, 1.165) is 12.1 Å². The fourth-order valence-electron chi connectivity index (χ4n) is 1.18. The summed E-state index contributed by atoms with van der Waals surface area (Å²) in [6.07, 6.45) is -4.60. The molecule has 0 spiro atoms. The Morgan fingerprint density at radius 3 is 2.35 bits per heavy atom. The van der Waals surface area contributed by atoms with Gasteiger partial charge in [0, 0.05) is 15.2 Å². The van der Waals surface area contributed by atoms with Crippen LogP contribution in [0.2, 0.25) is 5.02 Å². The number of hydrogen-bond acceptors (Lipinski definition) is 3. The molecule has 112 valence electrons. The van der Waals surface area contributed by atoms with Gasteiger partial charge in [0.15, 0.2) is 0 Å². The lowest BCUT2D eigenvalue weighted by Gasteiger charge is -2.11. The third-order valence-corrected chi connectivity index (χ3v) is 4.28. The molecule has 0 bridgehead atoms. The van der Waals surface area contributed by atoms with Gasteiger partial charge in [-0.05, 0) is 12.1 Å². The minimum atomic E-state index is -4.60. The number of amides is 1. The zero-order valence-electron chi connectivity index (χ0n) is 9.26. The first-order valence-electron chi connectivity index (χ1n) is 4.70. The van der Waals surface area contributed by atoms with E-state index < -0.39 is 43.2 Å². The van der Waals surface area contributed by atoms with E-state index in [0.29, 0.717) is 0 Å². The molecule has 0 saturated carbocycles. The Labute approximate surface area is 129 Å². The van der Waals surface area contributed by atoms with Crippen molar-refractivity contribution in [2.24, 2.45) is 0 Å². The van der Waals surface area contributed by atoms with Crippen molar-refractivity contribution in [3.8, 4) is 0 Å². The zero-order valence-corrected chi connectivity index (χ0v) is 13.2. The highest BCUT2D eigenvalue weighted by atomic mass is 79.9. The maximum atomic E-state index is 12.0. The molecule has 1 amide bonds. The van der Waals surface area contributed by atoms with Crippen LogP contribution in [0.3, 0.4) is 0 Å². The van der Waals surface area contributed by atoms with Crippen molar-refractivity contribution in [3.05, 3.63) is 27.2 Å².